The normalized spacial score (nSPS) is 11.9. The van der Waals surface area contributed by atoms with Crippen LogP contribution >= 0.6 is 11.3 Å². The molecule has 2 aromatic carbocycles. The minimum atomic E-state index is -0.150. The monoisotopic (exact) mass is 379 g/mol. The van der Waals surface area contributed by atoms with E-state index in [-0.39, 0.29) is 5.56 Å². The number of rotatable bonds is 4. The zero-order valence-electron chi connectivity index (χ0n) is 15.1. The number of ether oxygens (including phenoxy) is 2. The predicted molar refractivity (Wildman–Crippen MR) is 106 cm³/mol. The molecule has 0 N–H and O–H groups in total. The Morgan fingerprint density at radius 2 is 1.85 bits per heavy atom. The number of thiazole rings is 1. The van der Waals surface area contributed by atoms with Gasteiger partial charge in [0.2, 0.25) is 4.96 Å². The van der Waals surface area contributed by atoms with Crippen LogP contribution in [0.4, 0.5) is 0 Å². The lowest BCUT2D eigenvalue weighted by molar-refractivity contribution is 0.354. The number of hydrogen-bond acceptors (Lipinski definition) is 6. The molecule has 0 aliphatic heterocycles. The van der Waals surface area contributed by atoms with Crippen molar-refractivity contribution in [1.29, 1.82) is 0 Å². The van der Waals surface area contributed by atoms with Crippen LogP contribution < -0.4 is 19.6 Å². The second-order valence-electron chi connectivity index (χ2n) is 5.96. The fourth-order valence-corrected chi connectivity index (χ4v) is 3.93. The molecular weight excluding hydrogens is 362 g/mol. The average Bonchev–Trinajstić information content (AvgIpc) is 3.22. The Balaban J connectivity index is 1.94. The highest BCUT2D eigenvalue weighted by atomic mass is 32.1. The first-order valence-corrected chi connectivity index (χ1v) is 9.12. The average molecular weight is 379 g/mol. The van der Waals surface area contributed by atoms with Crippen LogP contribution in [0.5, 0.6) is 11.5 Å². The standard InChI is InChI=1S/C20H17N3O3S/c1-12-7-4-5-9-14(12)18-21-22-20-23(18)19(24)16(27-20)11-13-8-6-10-15(25-2)17(13)26-3/h4-11H,1-3H3/b16-11-. The smallest absolute Gasteiger partial charge is 0.276 e. The van der Waals surface area contributed by atoms with Gasteiger partial charge in [-0.1, -0.05) is 47.7 Å². The maximum absolute atomic E-state index is 13.0. The number of methoxy groups -OCH3 is 2. The zero-order valence-corrected chi connectivity index (χ0v) is 15.9. The number of aryl methyl sites for hydroxylation is 1. The van der Waals surface area contributed by atoms with Crippen LogP contribution in [0.2, 0.25) is 0 Å². The van der Waals surface area contributed by atoms with Crippen molar-refractivity contribution in [3.63, 3.8) is 0 Å². The lowest BCUT2D eigenvalue weighted by Gasteiger charge is -2.09. The minimum Gasteiger partial charge on any atom is -0.493 e. The van der Waals surface area contributed by atoms with Gasteiger partial charge in [0.15, 0.2) is 17.3 Å². The van der Waals surface area contributed by atoms with Gasteiger partial charge < -0.3 is 9.47 Å². The maximum Gasteiger partial charge on any atom is 0.276 e. The molecule has 0 bridgehead atoms. The molecule has 0 amide bonds. The predicted octanol–water partition coefficient (Wildman–Crippen LogP) is 2.69. The number of para-hydroxylation sites is 1. The van der Waals surface area contributed by atoms with E-state index in [9.17, 15) is 4.79 Å². The van der Waals surface area contributed by atoms with Crippen molar-refractivity contribution in [2.75, 3.05) is 14.2 Å². The third-order valence-electron chi connectivity index (χ3n) is 4.35. The molecule has 2 heterocycles. The summed E-state index contributed by atoms with van der Waals surface area (Å²) in [5.41, 5.74) is 2.55. The van der Waals surface area contributed by atoms with Crippen molar-refractivity contribution in [2.24, 2.45) is 0 Å². The van der Waals surface area contributed by atoms with Crippen molar-refractivity contribution in [1.82, 2.24) is 14.6 Å². The second kappa shape index (κ2) is 6.85. The van der Waals surface area contributed by atoms with Crippen molar-refractivity contribution in [3.05, 3.63) is 68.5 Å². The molecular formula is C20H17N3O3S. The van der Waals surface area contributed by atoms with E-state index in [1.807, 2.05) is 49.4 Å². The molecule has 27 heavy (non-hydrogen) atoms. The van der Waals surface area contributed by atoms with Gasteiger partial charge in [-0.3, -0.25) is 4.79 Å². The summed E-state index contributed by atoms with van der Waals surface area (Å²) in [6.45, 7) is 1.99. The van der Waals surface area contributed by atoms with Crippen LogP contribution in [-0.2, 0) is 0 Å². The molecule has 0 aliphatic rings. The van der Waals surface area contributed by atoms with Gasteiger partial charge in [-0.25, -0.2) is 4.40 Å². The third-order valence-corrected chi connectivity index (χ3v) is 5.31. The van der Waals surface area contributed by atoms with Crippen molar-refractivity contribution in [3.8, 4) is 22.9 Å². The molecule has 0 unspecified atom stereocenters. The van der Waals surface area contributed by atoms with Gasteiger partial charge in [0, 0.05) is 11.1 Å². The van der Waals surface area contributed by atoms with E-state index in [0.29, 0.717) is 26.8 Å². The Morgan fingerprint density at radius 3 is 2.59 bits per heavy atom. The molecule has 0 saturated heterocycles. The van der Waals surface area contributed by atoms with Gasteiger partial charge >= 0.3 is 0 Å². The summed E-state index contributed by atoms with van der Waals surface area (Å²) in [6, 6.07) is 13.4. The summed E-state index contributed by atoms with van der Waals surface area (Å²) in [7, 11) is 3.16. The summed E-state index contributed by atoms with van der Waals surface area (Å²) in [6.07, 6.45) is 1.80. The van der Waals surface area contributed by atoms with Gasteiger partial charge in [0.1, 0.15) is 0 Å². The van der Waals surface area contributed by atoms with E-state index in [1.165, 1.54) is 11.3 Å². The molecule has 0 atom stereocenters. The quantitative estimate of drug-likeness (QED) is 0.545. The first kappa shape index (κ1) is 17.2. The number of fused-ring (bicyclic) bond motifs is 1. The van der Waals surface area contributed by atoms with Crippen molar-refractivity contribution >= 4 is 22.4 Å². The Kier molecular flexibility index (Phi) is 4.37. The van der Waals surface area contributed by atoms with Crippen LogP contribution in [0.15, 0.2) is 47.3 Å². The van der Waals surface area contributed by atoms with E-state index >= 15 is 0 Å². The number of hydrogen-bond donors (Lipinski definition) is 0. The molecule has 2 aromatic heterocycles. The molecule has 0 fully saturated rings. The van der Waals surface area contributed by atoms with Crippen LogP contribution in [-0.4, -0.2) is 28.8 Å². The minimum absolute atomic E-state index is 0.150. The molecule has 0 aliphatic carbocycles. The summed E-state index contributed by atoms with van der Waals surface area (Å²) in [5, 5.41) is 8.41. The topological polar surface area (TPSA) is 65.7 Å². The number of nitrogens with zero attached hydrogens (tertiary/aromatic N) is 3. The lowest BCUT2D eigenvalue weighted by Crippen LogP contribution is -2.23. The van der Waals surface area contributed by atoms with Gasteiger partial charge in [0.25, 0.3) is 5.56 Å². The van der Waals surface area contributed by atoms with Gasteiger partial charge in [-0.05, 0) is 24.6 Å². The molecule has 4 aromatic rings. The number of aromatic nitrogens is 3. The van der Waals surface area contributed by atoms with Crippen molar-refractivity contribution in [2.45, 2.75) is 6.92 Å². The summed E-state index contributed by atoms with van der Waals surface area (Å²) in [5.74, 6) is 1.76. The molecule has 0 spiro atoms. The summed E-state index contributed by atoms with van der Waals surface area (Å²) in [4.78, 5) is 13.6. The largest absolute Gasteiger partial charge is 0.493 e. The highest BCUT2D eigenvalue weighted by Crippen LogP contribution is 2.31. The maximum atomic E-state index is 13.0. The second-order valence-corrected chi connectivity index (χ2v) is 6.96. The molecule has 7 heteroatoms. The Hall–Kier alpha value is -3.19. The summed E-state index contributed by atoms with van der Waals surface area (Å²) >= 11 is 1.30. The van der Waals surface area contributed by atoms with Gasteiger partial charge in [-0.2, -0.15) is 0 Å². The highest BCUT2D eigenvalue weighted by Gasteiger charge is 2.16. The fraction of sp³-hybridized carbons (Fsp3) is 0.150. The summed E-state index contributed by atoms with van der Waals surface area (Å²) < 4.78 is 12.9. The van der Waals surface area contributed by atoms with E-state index in [0.717, 1.165) is 16.7 Å². The molecule has 0 radical (unpaired) electrons. The van der Waals surface area contributed by atoms with Crippen LogP contribution in [0.1, 0.15) is 11.1 Å². The van der Waals surface area contributed by atoms with Crippen LogP contribution in [0, 0.1) is 6.92 Å². The Morgan fingerprint density at radius 1 is 1.04 bits per heavy atom. The van der Waals surface area contributed by atoms with E-state index in [4.69, 9.17) is 9.47 Å². The highest BCUT2D eigenvalue weighted by molar-refractivity contribution is 7.15. The van der Waals surface area contributed by atoms with E-state index in [2.05, 4.69) is 10.2 Å². The molecule has 4 rings (SSSR count). The Labute approximate surface area is 159 Å². The van der Waals surface area contributed by atoms with Crippen molar-refractivity contribution < 1.29 is 9.47 Å². The molecule has 136 valence electrons. The van der Waals surface area contributed by atoms with Crippen LogP contribution in [0.3, 0.4) is 0 Å². The SMILES string of the molecule is COc1cccc(/C=c2\sc3nnc(-c4ccccc4C)n3c2=O)c1OC. The van der Waals surface area contributed by atoms with E-state index < -0.39 is 0 Å². The third kappa shape index (κ3) is 2.86. The first-order chi connectivity index (χ1) is 13.1. The molecule has 6 nitrogen and oxygen atoms in total. The van der Waals surface area contributed by atoms with Gasteiger partial charge in [0.05, 0.1) is 18.8 Å². The molecule has 0 saturated carbocycles. The zero-order chi connectivity index (χ0) is 19.0. The van der Waals surface area contributed by atoms with Crippen LogP contribution in [0.25, 0.3) is 22.4 Å². The number of benzene rings is 2. The van der Waals surface area contributed by atoms with E-state index in [1.54, 1.807) is 24.7 Å². The fourth-order valence-electron chi connectivity index (χ4n) is 3.03. The Bertz CT molecular complexity index is 1240. The first-order valence-electron chi connectivity index (χ1n) is 8.30. The lowest BCUT2D eigenvalue weighted by atomic mass is 10.1. The van der Waals surface area contributed by atoms with Gasteiger partial charge in [-0.15, -0.1) is 10.2 Å².